The molecule has 84 valence electrons. The lowest BCUT2D eigenvalue weighted by molar-refractivity contribution is 0.100. The number of rotatable bonds is 5. The highest BCUT2D eigenvalue weighted by atomic mass is 16.3. The summed E-state index contributed by atoms with van der Waals surface area (Å²) in [5.41, 5.74) is 7.34. The van der Waals surface area contributed by atoms with Crippen molar-refractivity contribution >= 4 is 11.4 Å². The van der Waals surface area contributed by atoms with Gasteiger partial charge in [0.25, 0.3) is 0 Å². The van der Waals surface area contributed by atoms with Crippen LogP contribution in [0.15, 0.2) is 24.3 Å². The van der Waals surface area contributed by atoms with Crippen LogP contribution in [0.1, 0.15) is 6.92 Å². The summed E-state index contributed by atoms with van der Waals surface area (Å²) < 4.78 is 0. The molecule has 0 bridgehead atoms. The van der Waals surface area contributed by atoms with E-state index in [9.17, 15) is 5.11 Å². The number of nitrogens with zero attached hydrogens (tertiary/aromatic N) is 1. The molecule has 1 rings (SSSR count). The van der Waals surface area contributed by atoms with Gasteiger partial charge in [-0.15, -0.1) is 0 Å². The third-order valence-corrected chi connectivity index (χ3v) is 2.26. The predicted molar refractivity (Wildman–Crippen MR) is 61.8 cm³/mol. The first kappa shape index (κ1) is 11.8. The Labute approximate surface area is 89.9 Å². The lowest BCUT2D eigenvalue weighted by Crippen LogP contribution is -2.34. The SMILES string of the molecule is CCN(CC(O)CO)c1cccc(N)c1. The lowest BCUT2D eigenvalue weighted by atomic mass is 10.2. The van der Waals surface area contributed by atoms with Gasteiger partial charge in [-0.25, -0.2) is 0 Å². The van der Waals surface area contributed by atoms with E-state index in [0.29, 0.717) is 12.2 Å². The minimum atomic E-state index is -0.716. The minimum absolute atomic E-state index is 0.223. The second-order valence-corrected chi connectivity index (χ2v) is 3.47. The van der Waals surface area contributed by atoms with E-state index in [1.54, 1.807) is 0 Å². The molecular weight excluding hydrogens is 192 g/mol. The summed E-state index contributed by atoms with van der Waals surface area (Å²) in [5, 5.41) is 18.1. The number of aliphatic hydroxyl groups excluding tert-OH is 2. The highest BCUT2D eigenvalue weighted by Gasteiger charge is 2.09. The monoisotopic (exact) mass is 210 g/mol. The number of nitrogens with two attached hydrogens (primary N) is 1. The van der Waals surface area contributed by atoms with Crippen molar-refractivity contribution in [3.8, 4) is 0 Å². The molecule has 0 fully saturated rings. The van der Waals surface area contributed by atoms with E-state index >= 15 is 0 Å². The maximum Gasteiger partial charge on any atom is 0.0945 e. The van der Waals surface area contributed by atoms with Crippen LogP contribution in [0.2, 0.25) is 0 Å². The van der Waals surface area contributed by atoms with Gasteiger partial charge in [0, 0.05) is 24.5 Å². The fourth-order valence-electron chi connectivity index (χ4n) is 1.45. The van der Waals surface area contributed by atoms with Crippen molar-refractivity contribution in [3.05, 3.63) is 24.3 Å². The first-order valence-corrected chi connectivity index (χ1v) is 5.06. The summed E-state index contributed by atoms with van der Waals surface area (Å²) in [6, 6.07) is 7.48. The number of nitrogen functional groups attached to an aromatic ring is 1. The maximum absolute atomic E-state index is 9.37. The Morgan fingerprint density at radius 1 is 1.47 bits per heavy atom. The smallest absolute Gasteiger partial charge is 0.0945 e. The van der Waals surface area contributed by atoms with Crippen LogP contribution in [0, 0.1) is 0 Å². The van der Waals surface area contributed by atoms with Crippen molar-refractivity contribution in [2.45, 2.75) is 13.0 Å². The normalized spacial score (nSPS) is 12.5. The van der Waals surface area contributed by atoms with E-state index in [2.05, 4.69) is 0 Å². The Morgan fingerprint density at radius 2 is 2.20 bits per heavy atom. The average Bonchev–Trinajstić information content (AvgIpc) is 2.25. The van der Waals surface area contributed by atoms with Crippen LogP contribution in [-0.2, 0) is 0 Å². The Balaban J connectivity index is 2.73. The zero-order valence-corrected chi connectivity index (χ0v) is 8.93. The predicted octanol–water partition coefficient (Wildman–Crippen LogP) is 0.448. The molecule has 1 aromatic carbocycles. The molecule has 4 N–H and O–H groups in total. The van der Waals surface area contributed by atoms with Crippen LogP contribution in [0.25, 0.3) is 0 Å². The Kier molecular flexibility index (Phi) is 4.39. The first-order valence-electron chi connectivity index (χ1n) is 5.06. The van der Waals surface area contributed by atoms with Crippen molar-refractivity contribution in [1.29, 1.82) is 0 Å². The summed E-state index contributed by atoms with van der Waals surface area (Å²) in [6.07, 6.45) is -0.716. The van der Waals surface area contributed by atoms with Gasteiger partial charge in [0.1, 0.15) is 0 Å². The number of aliphatic hydroxyl groups is 2. The standard InChI is InChI=1S/C11H18N2O2/c1-2-13(7-11(15)8-14)10-5-3-4-9(12)6-10/h3-6,11,14-15H,2,7-8,12H2,1H3. The second kappa shape index (κ2) is 5.58. The van der Waals surface area contributed by atoms with E-state index in [1.807, 2.05) is 36.1 Å². The molecule has 4 nitrogen and oxygen atoms in total. The van der Waals surface area contributed by atoms with E-state index in [-0.39, 0.29) is 6.61 Å². The fraction of sp³-hybridized carbons (Fsp3) is 0.455. The van der Waals surface area contributed by atoms with E-state index in [4.69, 9.17) is 10.8 Å². The quantitative estimate of drug-likeness (QED) is 0.617. The van der Waals surface area contributed by atoms with Gasteiger partial charge in [-0.2, -0.15) is 0 Å². The molecule has 0 aromatic heterocycles. The molecule has 1 atom stereocenters. The summed E-state index contributed by atoms with van der Waals surface area (Å²) in [4.78, 5) is 1.97. The molecule has 0 spiro atoms. The van der Waals surface area contributed by atoms with E-state index < -0.39 is 6.10 Å². The summed E-state index contributed by atoms with van der Waals surface area (Å²) in [7, 11) is 0. The topological polar surface area (TPSA) is 69.7 Å². The zero-order valence-electron chi connectivity index (χ0n) is 8.93. The molecule has 0 amide bonds. The molecule has 4 heteroatoms. The van der Waals surface area contributed by atoms with Gasteiger partial charge < -0.3 is 20.8 Å². The van der Waals surface area contributed by atoms with Crippen molar-refractivity contribution in [2.24, 2.45) is 0 Å². The van der Waals surface area contributed by atoms with E-state index in [1.165, 1.54) is 0 Å². The minimum Gasteiger partial charge on any atom is -0.399 e. The highest BCUT2D eigenvalue weighted by molar-refractivity contribution is 5.55. The number of anilines is 2. The molecule has 0 saturated carbocycles. The molecule has 0 heterocycles. The van der Waals surface area contributed by atoms with Gasteiger partial charge in [-0.3, -0.25) is 0 Å². The molecule has 0 aliphatic rings. The summed E-state index contributed by atoms with van der Waals surface area (Å²) in [6.45, 7) is 2.95. The van der Waals surface area contributed by atoms with E-state index in [0.717, 1.165) is 12.2 Å². The molecule has 0 radical (unpaired) electrons. The highest BCUT2D eigenvalue weighted by Crippen LogP contribution is 2.17. The molecule has 0 aliphatic carbocycles. The lowest BCUT2D eigenvalue weighted by Gasteiger charge is -2.25. The van der Waals surface area contributed by atoms with Gasteiger partial charge in [0.15, 0.2) is 0 Å². The fourth-order valence-corrected chi connectivity index (χ4v) is 1.45. The molecule has 15 heavy (non-hydrogen) atoms. The van der Waals surface area contributed by atoms with Crippen molar-refractivity contribution in [2.75, 3.05) is 30.3 Å². The Bertz CT molecular complexity index is 304. The Morgan fingerprint density at radius 3 is 2.73 bits per heavy atom. The van der Waals surface area contributed by atoms with Crippen molar-refractivity contribution in [1.82, 2.24) is 0 Å². The zero-order chi connectivity index (χ0) is 11.3. The maximum atomic E-state index is 9.37. The summed E-state index contributed by atoms with van der Waals surface area (Å²) in [5.74, 6) is 0. The van der Waals surface area contributed by atoms with Crippen molar-refractivity contribution < 1.29 is 10.2 Å². The number of benzene rings is 1. The third kappa shape index (κ3) is 3.42. The van der Waals surface area contributed by atoms with Crippen LogP contribution in [-0.4, -0.2) is 36.0 Å². The molecule has 0 saturated heterocycles. The summed E-state index contributed by atoms with van der Waals surface area (Å²) >= 11 is 0. The third-order valence-electron chi connectivity index (χ3n) is 2.26. The number of hydrogen-bond donors (Lipinski definition) is 3. The van der Waals surface area contributed by atoms with Crippen LogP contribution in [0.3, 0.4) is 0 Å². The average molecular weight is 210 g/mol. The molecular formula is C11H18N2O2. The van der Waals surface area contributed by atoms with Gasteiger partial charge in [-0.1, -0.05) is 6.07 Å². The van der Waals surface area contributed by atoms with Gasteiger partial charge in [0.2, 0.25) is 0 Å². The number of hydrogen-bond acceptors (Lipinski definition) is 4. The number of likely N-dealkylation sites (N-methyl/N-ethyl adjacent to an activating group) is 1. The van der Waals surface area contributed by atoms with Crippen LogP contribution >= 0.6 is 0 Å². The largest absolute Gasteiger partial charge is 0.399 e. The first-order chi connectivity index (χ1) is 7.17. The van der Waals surface area contributed by atoms with Crippen LogP contribution in [0.4, 0.5) is 11.4 Å². The van der Waals surface area contributed by atoms with Gasteiger partial charge in [0.05, 0.1) is 12.7 Å². The molecule has 1 unspecified atom stereocenters. The van der Waals surface area contributed by atoms with Crippen LogP contribution in [0.5, 0.6) is 0 Å². The molecule has 1 aromatic rings. The molecule has 0 aliphatic heterocycles. The Hall–Kier alpha value is -1.26. The van der Waals surface area contributed by atoms with Gasteiger partial charge in [-0.05, 0) is 25.1 Å². The van der Waals surface area contributed by atoms with Crippen molar-refractivity contribution in [3.63, 3.8) is 0 Å². The second-order valence-electron chi connectivity index (χ2n) is 3.47. The van der Waals surface area contributed by atoms with Gasteiger partial charge >= 0.3 is 0 Å². The van der Waals surface area contributed by atoms with Crippen LogP contribution < -0.4 is 10.6 Å².